The van der Waals surface area contributed by atoms with Crippen molar-refractivity contribution in [3.05, 3.63) is 41.9 Å². The van der Waals surface area contributed by atoms with E-state index in [1.807, 2.05) is 31.2 Å². The van der Waals surface area contributed by atoms with Gasteiger partial charge in [-0.15, -0.1) is 0 Å². The Labute approximate surface area is 142 Å². The Balaban J connectivity index is 1.79. The summed E-state index contributed by atoms with van der Waals surface area (Å²) in [7, 11) is 3.23. The maximum atomic E-state index is 11.1. The number of anilines is 1. The molecule has 24 heavy (non-hydrogen) atoms. The molecule has 0 amide bonds. The summed E-state index contributed by atoms with van der Waals surface area (Å²) >= 11 is 0. The summed E-state index contributed by atoms with van der Waals surface area (Å²) < 4.78 is 10.6. The summed E-state index contributed by atoms with van der Waals surface area (Å²) in [4.78, 5) is 10.6. The van der Waals surface area contributed by atoms with Crippen LogP contribution in [0.15, 0.2) is 30.6 Å². The summed E-state index contributed by atoms with van der Waals surface area (Å²) in [5.41, 5.74) is 0.885. The first kappa shape index (κ1) is 16.5. The van der Waals surface area contributed by atoms with Gasteiger partial charge in [-0.2, -0.15) is 0 Å². The number of piperidine rings is 1. The summed E-state index contributed by atoms with van der Waals surface area (Å²) in [6.07, 6.45) is 2.82. The minimum Gasteiger partial charge on any atom is -0.497 e. The van der Waals surface area contributed by atoms with Gasteiger partial charge >= 0.3 is 0 Å². The Kier molecular flexibility index (Phi) is 4.57. The predicted molar refractivity (Wildman–Crippen MR) is 91.7 cm³/mol. The normalized spacial score (nSPS) is 16.8. The van der Waals surface area contributed by atoms with Gasteiger partial charge in [-0.3, -0.25) is 0 Å². The van der Waals surface area contributed by atoms with E-state index >= 15 is 0 Å². The quantitative estimate of drug-likeness (QED) is 0.928. The van der Waals surface area contributed by atoms with Gasteiger partial charge in [0.15, 0.2) is 0 Å². The van der Waals surface area contributed by atoms with Crippen LogP contribution in [0.3, 0.4) is 0 Å². The first-order chi connectivity index (χ1) is 11.5. The first-order valence-corrected chi connectivity index (χ1v) is 8.03. The largest absolute Gasteiger partial charge is 0.497 e. The van der Waals surface area contributed by atoms with E-state index in [2.05, 4.69) is 14.9 Å². The zero-order valence-corrected chi connectivity index (χ0v) is 14.3. The zero-order chi connectivity index (χ0) is 17.2. The summed E-state index contributed by atoms with van der Waals surface area (Å²) in [5, 5.41) is 11.1. The topological polar surface area (TPSA) is 67.7 Å². The molecule has 2 aromatic rings. The highest BCUT2D eigenvalue weighted by atomic mass is 16.5. The second-order valence-corrected chi connectivity index (χ2v) is 6.14. The molecule has 0 atom stereocenters. The summed E-state index contributed by atoms with van der Waals surface area (Å²) in [6, 6.07) is 7.55. The number of aliphatic hydroxyl groups is 1. The number of nitrogens with zero attached hydrogens (tertiary/aromatic N) is 3. The van der Waals surface area contributed by atoms with E-state index < -0.39 is 5.60 Å². The molecule has 1 aliphatic heterocycles. The van der Waals surface area contributed by atoms with Crippen molar-refractivity contribution in [3.8, 4) is 11.5 Å². The highest BCUT2D eigenvalue weighted by Gasteiger charge is 2.35. The Morgan fingerprint density at radius 1 is 1.00 bits per heavy atom. The molecule has 1 N–H and O–H groups in total. The molecule has 0 spiro atoms. The van der Waals surface area contributed by atoms with Gasteiger partial charge < -0.3 is 19.5 Å². The molecule has 0 aliphatic carbocycles. The van der Waals surface area contributed by atoms with Crippen molar-refractivity contribution in [2.24, 2.45) is 0 Å². The molecule has 6 heteroatoms. The van der Waals surface area contributed by atoms with E-state index in [0.29, 0.717) is 24.3 Å². The van der Waals surface area contributed by atoms with Crippen LogP contribution in [0.1, 0.15) is 24.1 Å². The van der Waals surface area contributed by atoms with Crippen LogP contribution in [0.2, 0.25) is 0 Å². The lowest BCUT2D eigenvalue weighted by molar-refractivity contribution is 0.0113. The SMILES string of the molecule is COc1cc(OC)cc(C2(O)CCN(c3cc(C)ncn3)CC2)c1. The average Bonchev–Trinajstić information content (AvgIpc) is 2.62. The second-order valence-electron chi connectivity index (χ2n) is 6.14. The molecule has 0 saturated carbocycles. The lowest BCUT2D eigenvalue weighted by Gasteiger charge is -2.39. The van der Waals surface area contributed by atoms with E-state index in [9.17, 15) is 5.11 Å². The van der Waals surface area contributed by atoms with Crippen LogP contribution in [-0.2, 0) is 5.60 Å². The second kappa shape index (κ2) is 6.65. The molecular weight excluding hydrogens is 306 g/mol. The third-order valence-electron chi connectivity index (χ3n) is 4.59. The van der Waals surface area contributed by atoms with Crippen molar-refractivity contribution in [3.63, 3.8) is 0 Å². The molecule has 2 heterocycles. The van der Waals surface area contributed by atoms with Gasteiger partial charge in [-0.25, -0.2) is 9.97 Å². The van der Waals surface area contributed by atoms with E-state index in [4.69, 9.17) is 9.47 Å². The van der Waals surface area contributed by atoms with E-state index in [0.717, 1.165) is 30.2 Å². The van der Waals surface area contributed by atoms with Crippen molar-refractivity contribution in [2.45, 2.75) is 25.4 Å². The van der Waals surface area contributed by atoms with Crippen molar-refractivity contribution >= 4 is 5.82 Å². The molecule has 1 aromatic heterocycles. The van der Waals surface area contributed by atoms with E-state index in [1.54, 1.807) is 20.5 Å². The summed E-state index contributed by atoms with van der Waals surface area (Å²) in [5.74, 6) is 2.28. The molecule has 1 aliphatic rings. The number of aromatic nitrogens is 2. The van der Waals surface area contributed by atoms with Crippen LogP contribution < -0.4 is 14.4 Å². The number of aryl methyl sites for hydroxylation is 1. The van der Waals surface area contributed by atoms with Gasteiger partial charge in [0.1, 0.15) is 23.6 Å². The molecule has 3 rings (SSSR count). The molecule has 1 fully saturated rings. The van der Waals surface area contributed by atoms with Gasteiger partial charge in [0.05, 0.1) is 19.8 Å². The Morgan fingerprint density at radius 2 is 1.62 bits per heavy atom. The lowest BCUT2D eigenvalue weighted by Crippen LogP contribution is -2.43. The fraction of sp³-hybridized carbons (Fsp3) is 0.444. The maximum absolute atomic E-state index is 11.1. The van der Waals surface area contributed by atoms with Gasteiger partial charge in [0.2, 0.25) is 0 Å². The number of benzene rings is 1. The van der Waals surface area contributed by atoms with Crippen LogP contribution in [-0.4, -0.2) is 42.4 Å². The van der Waals surface area contributed by atoms with Gasteiger partial charge in [0, 0.05) is 30.9 Å². The van der Waals surface area contributed by atoms with Crippen LogP contribution >= 0.6 is 0 Å². The Hall–Kier alpha value is -2.34. The van der Waals surface area contributed by atoms with E-state index in [1.165, 1.54) is 0 Å². The molecule has 0 bridgehead atoms. The first-order valence-electron chi connectivity index (χ1n) is 8.03. The maximum Gasteiger partial charge on any atom is 0.132 e. The van der Waals surface area contributed by atoms with Crippen LogP contribution in [0.4, 0.5) is 5.82 Å². The Morgan fingerprint density at radius 3 is 2.17 bits per heavy atom. The summed E-state index contributed by atoms with van der Waals surface area (Å²) in [6.45, 7) is 3.41. The Bertz CT molecular complexity index is 690. The molecule has 1 aromatic carbocycles. The number of rotatable bonds is 4. The molecule has 128 valence electrons. The molecule has 0 unspecified atom stereocenters. The lowest BCUT2D eigenvalue weighted by atomic mass is 9.84. The predicted octanol–water partition coefficient (Wildman–Crippen LogP) is 2.29. The average molecular weight is 329 g/mol. The van der Waals surface area contributed by atoms with E-state index in [-0.39, 0.29) is 0 Å². The fourth-order valence-electron chi connectivity index (χ4n) is 3.08. The van der Waals surface area contributed by atoms with Crippen LogP contribution in [0, 0.1) is 6.92 Å². The van der Waals surface area contributed by atoms with Crippen LogP contribution in [0.5, 0.6) is 11.5 Å². The number of hydrogen-bond acceptors (Lipinski definition) is 6. The smallest absolute Gasteiger partial charge is 0.132 e. The molecule has 0 radical (unpaired) electrons. The molecule has 6 nitrogen and oxygen atoms in total. The van der Waals surface area contributed by atoms with Crippen molar-refractivity contribution in [2.75, 3.05) is 32.2 Å². The number of ether oxygens (including phenoxy) is 2. The van der Waals surface area contributed by atoms with Crippen molar-refractivity contribution in [1.82, 2.24) is 9.97 Å². The number of methoxy groups -OCH3 is 2. The minimum absolute atomic E-state index is 0.617. The van der Waals surface area contributed by atoms with Gasteiger partial charge in [0.25, 0.3) is 0 Å². The molecule has 1 saturated heterocycles. The molecular formula is C18H23N3O3. The standard InChI is InChI=1S/C18H23N3O3/c1-13-8-17(20-12-19-13)21-6-4-18(22,5-7-21)14-9-15(23-2)11-16(10-14)24-3/h8-12,22H,4-7H2,1-3H3. The van der Waals surface area contributed by atoms with Crippen LogP contribution in [0.25, 0.3) is 0 Å². The van der Waals surface area contributed by atoms with Gasteiger partial charge in [-0.05, 0) is 37.5 Å². The highest BCUT2D eigenvalue weighted by Crippen LogP contribution is 2.37. The van der Waals surface area contributed by atoms with Crippen molar-refractivity contribution in [1.29, 1.82) is 0 Å². The monoisotopic (exact) mass is 329 g/mol. The van der Waals surface area contributed by atoms with Gasteiger partial charge in [-0.1, -0.05) is 0 Å². The number of hydrogen-bond donors (Lipinski definition) is 1. The minimum atomic E-state index is -0.888. The fourth-order valence-corrected chi connectivity index (χ4v) is 3.08. The third kappa shape index (κ3) is 3.28. The highest BCUT2D eigenvalue weighted by molar-refractivity contribution is 5.43. The third-order valence-corrected chi connectivity index (χ3v) is 4.59. The van der Waals surface area contributed by atoms with Crippen molar-refractivity contribution < 1.29 is 14.6 Å². The zero-order valence-electron chi connectivity index (χ0n) is 14.3.